The van der Waals surface area contributed by atoms with E-state index in [1.807, 2.05) is 0 Å². The standard InChI is InChI=1S/C7H13BrO/c1-6(2)3-7(8)4-9-5-7/h6H,3-5H2,1-2H3. The van der Waals surface area contributed by atoms with Crippen molar-refractivity contribution >= 4 is 15.9 Å². The van der Waals surface area contributed by atoms with Crippen LogP contribution in [0.5, 0.6) is 0 Å². The lowest BCUT2D eigenvalue weighted by molar-refractivity contribution is -0.0133. The Balaban J connectivity index is 2.24. The fourth-order valence-electron chi connectivity index (χ4n) is 1.17. The van der Waals surface area contributed by atoms with Crippen molar-refractivity contribution in [2.45, 2.75) is 24.6 Å². The zero-order valence-electron chi connectivity index (χ0n) is 5.98. The molecule has 54 valence electrons. The Labute approximate surface area is 64.9 Å². The smallest absolute Gasteiger partial charge is 0.0726 e. The largest absolute Gasteiger partial charge is 0.378 e. The van der Waals surface area contributed by atoms with Gasteiger partial charge in [0, 0.05) is 0 Å². The first-order chi connectivity index (χ1) is 4.12. The summed E-state index contributed by atoms with van der Waals surface area (Å²) in [6.45, 7) is 6.26. The van der Waals surface area contributed by atoms with Crippen molar-refractivity contribution in [1.29, 1.82) is 0 Å². The van der Waals surface area contributed by atoms with E-state index in [-0.39, 0.29) is 0 Å². The molecular formula is C7H13BrO. The Kier molecular flexibility index (Phi) is 2.17. The van der Waals surface area contributed by atoms with Gasteiger partial charge in [-0.3, -0.25) is 0 Å². The normalized spacial score (nSPS) is 24.0. The van der Waals surface area contributed by atoms with Gasteiger partial charge in [0.05, 0.1) is 17.5 Å². The monoisotopic (exact) mass is 192 g/mol. The van der Waals surface area contributed by atoms with Gasteiger partial charge in [0.25, 0.3) is 0 Å². The van der Waals surface area contributed by atoms with Gasteiger partial charge in [-0.25, -0.2) is 0 Å². The molecule has 0 aromatic heterocycles. The maximum Gasteiger partial charge on any atom is 0.0726 e. The average molecular weight is 193 g/mol. The molecule has 0 unspecified atom stereocenters. The molecule has 0 amide bonds. The second-order valence-corrected chi connectivity index (χ2v) is 4.92. The van der Waals surface area contributed by atoms with Crippen LogP contribution in [0, 0.1) is 5.92 Å². The summed E-state index contributed by atoms with van der Waals surface area (Å²) in [4.78, 5) is 0. The summed E-state index contributed by atoms with van der Waals surface area (Å²) in [6, 6.07) is 0. The van der Waals surface area contributed by atoms with Gasteiger partial charge in [-0.1, -0.05) is 29.8 Å². The quantitative estimate of drug-likeness (QED) is 0.611. The predicted molar refractivity (Wildman–Crippen MR) is 41.9 cm³/mol. The van der Waals surface area contributed by atoms with Gasteiger partial charge >= 0.3 is 0 Å². The molecule has 0 aromatic rings. The van der Waals surface area contributed by atoms with Crippen molar-refractivity contribution < 1.29 is 4.74 Å². The van der Waals surface area contributed by atoms with Crippen LogP contribution in [0.25, 0.3) is 0 Å². The molecule has 1 aliphatic heterocycles. The van der Waals surface area contributed by atoms with Gasteiger partial charge in [-0.15, -0.1) is 0 Å². The van der Waals surface area contributed by atoms with Crippen LogP contribution in [-0.2, 0) is 4.74 Å². The topological polar surface area (TPSA) is 9.23 Å². The molecule has 0 saturated carbocycles. The van der Waals surface area contributed by atoms with E-state index in [9.17, 15) is 0 Å². The number of rotatable bonds is 2. The maximum absolute atomic E-state index is 5.09. The zero-order chi connectivity index (χ0) is 6.91. The van der Waals surface area contributed by atoms with E-state index in [2.05, 4.69) is 29.8 Å². The molecule has 0 bridgehead atoms. The highest BCUT2D eigenvalue weighted by molar-refractivity contribution is 9.10. The minimum Gasteiger partial charge on any atom is -0.378 e. The first kappa shape index (κ1) is 7.55. The van der Waals surface area contributed by atoms with Gasteiger partial charge in [0.15, 0.2) is 0 Å². The summed E-state index contributed by atoms with van der Waals surface area (Å²) >= 11 is 3.64. The van der Waals surface area contributed by atoms with Crippen molar-refractivity contribution in [1.82, 2.24) is 0 Å². The van der Waals surface area contributed by atoms with Crippen LogP contribution in [0.1, 0.15) is 20.3 Å². The minimum atomic E-state index is 0.334. The molecule has 0 aliphatic carbocycles. The predicted octanol–water partition coefficient (Wildman–Crippen LogP) is 2.20. The van der Waals surface area contributed by atoms with Crippen LogP contribution in [0.3, 0.4) is 0 Å². The average Bonchev–Trinajstić information content (AvgIpc) is 1.60. The number of hydrogen-bond donors (Lipinski definition) is 0. The highest BCUT2D eigenvalue weighted by atomic mass is 79.9. The first-order valence-corrected chi connectivity index (χ1v) is 4.18. The third kappa shape index (κ3) is 1.94. The first-order valence-electron chi connectivity index (χ1n) is 3.39. The van der Waals surface area contributed by atoms with E-state index < -0.39 is 0 Å². The summed E-state index contributed by atoms with van der Waals surface area (Å²) < 4.78 is 5.43. The number of hydrogen-bond acceptors (Lipinski definition) is 1. The molecule has 1 aliphatic rings. The molecule has 0 radical (unpaired) electrons. The Morgan fingerprint density at radius 1 is 1.56 bits per heavy atom. The van der Waals surface area contributed by atoms with Crippen LogP contribution < -0.4 is 0 Å². The molecule has 1 rings (SSSR count). The Morgan fingerprint density at radius 3 is 2.22 bits per heavy atom. The van der Waals surface area contributed by atoms with Crippen molar-refractivity contribution in [3.63, 3.8) is 0 Å². The lowest BCUT2D eigenvalue weighted by atomic mass is 9.96. The van der Waals surface area contributed by atoms with Crippen LogP contribution >= 0.6 is 15.9 Å². The van der Waals surface area contributed by atoms with Gasteiger partial charge < -0.3 is 4.74 Å². The lowest BCUT2D eigenvalue weighted by Gasteiger charge is -2.37. The van der Waals surface area contributed by atoms with Crippen LogP contribution in [0.4, 0.5) is 0 Å². The zero-order valence-corrected chi connectivity index (χ0v) is 7.57. The molecule has 0 spiro atoms. The van der Waals surface area contributed by atoms with Gasteiger partial charge in [0.2, 0.25) is 0 Å². The third-order valence-corrected chi connectivity index (χ3v) is 2.28. The molecule has 1 saturated heterocycles. The SMILES string of the molecule is CC(C)CC1(Br)COC1. The van der Waals surface area contributed by atoms with Crippen LogP contribution in [0.15, 0.2) is 0 Å². The van der Waals surface area contributed by atoms with Gasteiger partial charge in [-0.05, 0) is 12.3 Å². The van der Waals surface area contributed by atoms with Crippen molar-refractivity contribution in [3.05, 3.63) is 0 Å². The van der Waals surface area contributed by atoms with Crippen molar-refractivity contribution in [3.8, 4) is 0 Å². The van der Waals surface area contributed by atoms with E-state index in [4.69, 9.17) is 4.74 Å². The van der Waals surface area contributed by atoms with E-state index in [0.29, 0.717) is 4.32 Å². The fraction of sp³-hybridized carbons (Fsp3) is 1.00. The highest BCUT2D eigenvalue weighted by Gasteiger charge is 2.35. The summed E-state index contributed by atoms with van der Waals surface area (Å²) in [7, 11) is 0. The Hall–Kier alpha value is 0.440. The second-order valence-electron chi connectivity index (χ2n) is 3.24. The Bertz CT molecular complexity index is 97.1. The minimum absolute atomic E-state index is 0.334. The van der Waals surface area contributed by atoms with Crippen LogP contribution in [-0.4, -0.2) is 17.5 Å². The number of ether oxygens (including phenoxy) is 1. The van der Waals surface area contributed by atoms with E-state index in [1.165, 1.54) is 6.42 Å². The molecule has 1 nitrogen and oxygen atoms in total. The summed E-state index contributed by atoms with van der Waals surface area (Å²) in [6.07, 6.45) is 1.23. The third-order valence-electron chi connectivity index (χ3n) is 1.50. The molecule has 1 heterocycles. The molecular weight excluding hydrogens is 180 g/mol. The second kappa shape index (κ2) is 2.59. The van der Waals surface area contributed by atoms with E-state index in [0.717, 1.165) is 19.1 Å². The van der Waals surface area contributed by atoms with Gasteiger partial charge in [-0.2, -0.15) is 0 Å². The maximum atomic E-state index is 5.09. The van der Waals surface area contributed by atoms with Crippen molar-refractivity contribution in [2.24, 2.45) is 5.92 Å². The lowest BCUT2D eigenvalue weighted by Crippen LogP contribution is -2.44. The summed E-state index contributed by atoms with van der Waals surface area (Å²) in [5, 5.41) is 0. The molecule has 9 heavy (non-hydrogen) atoms. The fourth-order valence-corrected chi connectivity index (χ4v) is 2.14. The molecule has 0 aromatic carbocycles. The highest BCUT2D eigenvalue weighted by Crippen LogP contribution is 2.33. The van der Waals surface area contributed by atoms with Gasteiger partial charge in [0.1, 0.15) is 0 Å². The molecule has 0 N–H and O–H groups in total. The van der Waals surface area contributed by atoms with E-state index >= 15 is 0 Å². The van der Waals surface area contributed by atoms with E-state index in [1.54, 1.807) is 0 Å². The van der Waals surface area contributed by atoms with Crippen molar-refractivity contribution in [2.75, 3.05) is 13.2 Å². The molecule has 2 heteroatoms. The summed E-state index contributed by atoms with van der Waals surface area (Å²) in [5.74, 6) is 0.772. The number of alkyl halides is 1. The molecule has 1 fully saturated rings. The number of halogens is 1. The Morgan fingerprint density at radius 2 is 2.11 bits per heavy atom. The van der Waals surface area contributed by atoms with Crippen LogP contribution in [0.2, 0.25) is 0 Å². The molecule has 0 atom stereocenters. The summed E-state index contributed by atoms with van der Waals surface area (Å²) in [5.41, 5.74) is 0.